The van der Waals surface area contributed by atoms with Crippen molar-refractivity contribution < 1.29 is 14.3 Å². The van der Waals surface area contributed by atoms with E-state index < -0.39 is 6.23 Å². The van der Waals surface area contributed by atoms with Crippen molar-refractivity contribution in [3.05, 3.63) is 5.01 Å². The molecule has 1 aliphatic carbocycles. The van der Waals surface area contributed by atoms with Gasteiger partial charge in [0.1, 0.15) is 5.01 Å². The number of carbonyl (C=O) groups excluding carboxylic acids is 2. The molecule has 3 rings (SSSR count). The fraction of sp³-hybridized carbons (Fsp3) is 0.765. The summed E-state index contributed by atoms with van der Waals surface area (Å²) in [6, 6.07) is -0.191. The molecule has 0 bridgehead atoms. The summed E-state index contributed by atoms with van der Waals surface area (Å²) in [5.41, 5.74) is 0. The third-order valence-corrected chi connectivity index (χ3v) is 6.55. The molecule has 2 amide bonds. The van der Waals surface area contributed by atoms with Gasteiger partial charge in [0.05, 0.1) is 0 Å². The number of aromatic nitrogens is 2. The van der Waals surface area contributed by atoms with Crippen LogP contribution in [0.5, 0.6) is 0 Å². The molecule has 0 N–H and O–H groups in total. The van der Waals surface area contributed by atoms with Crippen molar-refractivity contribution >= 4 is 44.4 Å². The number of anilines is 1. The highest BCUT2D eigenvalue weighted by Crippen LogP contribution is 2.38. The molecule has 1 aliphatic heterocycles. The monoisotopic (exact) mass is 444 g/mol. The Morgan fingerprint density at radius 2 is 2.04 bits per heavy atom. The zero-order chi connectivity index (χ0) is 18.5. The number of urea groups is 1. The summed E-state index contributed by atoms with van der Waals surface area (Å²) in [4.78, 5) is 28.0. The number of esters is 1. The first kappa shape index (κ1) is 19.5. The molecule has 1 unspecified atom stereocenters. The number of rotatable bonds is 7. The predicted molar refractivity (Wildman–Crippen MR) is 104 cm³/mol. The van der Waals surface area contributed by atoms with E-state index in [-0.39, 0.29) is 12.0 Å². The topological polar surface area (TPSA) is 75.6 Å². The Labute approximate surface area is 166 Å². The van der Waals surface area contributed by atoms with Crippen LogP contribution in [0.1, 0.15) is 62.3 Å². The van der Waals surface area contributed by atoms with Crippen LogP contribution in [0.15, 0.2) is 0 Å². The largest absolute Gasteiger partial charge is 0.441 e. The lowest BCUT2D eigenvalue weighted by atomic mass is 10.1. The average Bonchev–Trinajstić information content (AvgIpc) is 3.30. The molecule has 2 aliphatic rings. The number of unbranched alkanes of at least 4 members (excludes halogenated alkanes) is 1. The summed E-state index contributed by atoms with van der Waals surface area (Å²) in [7, 11) is 1.75. The van der Waals surface area contributed by atoms with Crippen LogP contribution in [0.3, 0.4) is 0 Å². The second kappa shape index (κ2) is 9.12. The molecule has 0 spiro atoms. The molecular weight excluding hydrogens is 420 g/mol. The summed E-state index contributed by atoms with van der Waals surface area (Å²) in [5, 5.41) is 11.0. The summed E-state index contributed by atoms with van der Waals surface area (Å²) < 4.78 is 5.62. The third-order valence-electron chi connectivity index (χ3n) is 4.90. The smallest absolute Gasteiger partial charge is 0.329 e. The molecular formula is C17H25BrN4O3S. The molecule has 2 heterocycles. The van der Waals surface area contributed by atoms with E-state index in [9.17, 15) is 9.59 Å². The SMILES string of the molecule is CN1CCC(OC(=O)CCCCBr)N(c2nnc(C3CCCC3)s2)C1=O. The van der Waals surface area contributed by atoms with Gasteiger partial charge in [0.15, 0.2) is 6.23 Å². The zero-order valence-corrected chi connectivity index (χ0v) is 17.4. The lowest BCUT2D eigenvalue weighted by molar-refractivity contribution is -0.149. The van der Waals surface area contributed by atoms with Crippen molar-refractivity contribution in [1.29, 1.82) is 0 Å². The molecule has 1 saturated carbocycles. The number of hydrogen-bond donors (Lipinski definition) is 0. The Morgan fingerprint density at radius 1 is 1.27 bits per heavy atom. The highest BCUT2D eigenvalue weighted by Gasteiger charge is 2.37. The lowest BCUT2D eigenvalue weighted by Gasteiger charge is -2.37. The summed E-state index contributed by atoms with van der Waals surface area (Å²) in [6.45, 7) is 0.558. The highest BCUT2D eigenvalue weighted by molar-refractivity contribution is 9.09. The van der Waals surface area contributed by atoms with Crippen LogP contribution in [0, 0.1) is 0 Å². The van der Waals surface area contributed by atoms with Gasteiger partial charge in [-0.15, -0.1) is 10.2 Å². The van der Waals surface area contributed by atoms with Crippen molar-refractivity contribution in [2.45, 2.75) is 63.5 Å². The van der Waals surface area contributed by atoms with Gasteiger partial charge in [0.25, 0.3) is 0 Å². The van der Waals surface area contributed by atoms with E-state index in [0.717, 1.165) is 36.0 Å². The number of carbonyl (C=O) groups is 2. The van der Waals surface area contributed by atoms with E-state index in [4.69, 9.17) is 4.74 Å². The summed E-state index contributed by atoms with van der Waals surface area (Å²) in [5.74, 6) is 0.183. The number of hydrogen-bond acceptors (Lipinski definition) is 6. The van der Waals surface area contributed by atoms with Crippen molar-refractivity contribution in [3.63, 3.8) is 0 Å². The van der Waals surface area contributed by atoms with Crippen molar-refractivity contribution in [2.24, 2.45) is 0 Å². The fourth-order valence-corrected chi connectivity index (χ4v) is 4.83. The van der Waals surface area contributed by atoms with E-state index in [1.54, 1.807) is 11.9 Å². The van der Waals surface area contributed by atoms with Crippen LogP contribution in [-0.2, 0) is 9.53 Å². The minimum atomic E-state index is -0.598. The molecule has 7 nitrogen and oxygen atoms in total. The Hall–Kier alpha value is -1.22. The quantitative estimate of drug-likeness (QED) is 0.362. The maximum atomic E-state index is 12.7. The first-order chi connectivity index (χ1) is 12.6. The van der Waals surface area contributed by atoms with E-state index >= 15 is 0 Å². The summed E-state index contributed by atoms with van der Waals surface area (Å²) >= 11 is 4.81. The number of halogens is 1. The summed E-state index contributed by atoms with van der Waals surface area (Å²) in [6.07, 6.45) is 6.75. The van der Waals surface area contributed by atoms with Crippen LogP contribution in [0.25, 0.3) is 0 Å². The number of ether oxygens (including phenoxy) is 1. The van der Waals surface area contributed by atoms with Gasteiger partial charge < -0.3 is 9.64 Å². The van der Waals surface area contributed by atoms with Gasteiger partial charge in [-0.05, 0) is 25.7 Å². The maximum absolute atomic E-state index is 12.7. The highest BCUT2D eigenvalue weighted by atomic mass is 79.9. The Balaban J connectivity index is 1.71. The molecule has 0 radical (unpaired) electrons. The molecule has 1 atom stereocenters. The van der Waals surface area contributed by atoms with Gasteiger partial charge in [0.2, 0.25) is 5.13 Å². The van der Waals surface area contributed by atoms with Crippen LogP contribution in [0.2, 0.25) is 0 Å². The molecule has 144 valence electrons. The Morgan fingerprint density at radius 3 is 2.77 bits per heavy atom. The van der Waals surface area contributed by atoms with E-state index in [2.05, 4.69) is 26.1 Å². The van der Waals surface area contributed by atoms with Gasteiger partial charge in [-0.3, -0.25) is 4.79 Å². The van der Waals surface area contributed by atoms with Gasteiger partial charge in [-0.2, -0.15) is 0 Å². The molecule has 1 aromatic heterocycles. The standard InChI is InChI=1S/C17H25BrN4O3S/c1-21-11-9-13(25-14(23)8-4-5-10-18)22(17(21)24)16-20-19-15(26-16)12-6-2-3-7-12/h12-13H,2-11H2,1H3. The fourth-order valence-electron chi connectivity index (χ4n) is 3.39. The second-order valence-electron chi connectivity index (χ2n) is 6.86. The molecule has 1 aromatic rings. The van der Waals surface area contributed by atoms with Crippen molar-refractivity contribution in [2.75, 3.05) is 23.8 Å². The molecule has 9 heteroatoms. The van der Waals surface area contributed by atoms with E-state index in [0.29, 0.717) is 30.4 Å². The van der Waals surface area contributed by atoms with Crippen LogP contribution < -0.4 is 4.90 Å². The minimum Gasteiger partial charge on any atom is -0.441 e. The van der Waals surface area contributed by atoms with Crippen molar-refractivity contribution in [1.82, 2.24) is 15.1 Å². The number of amides is 2. The second-order valence-corrected chi connectivity index (χ2v) is 8.64. The van der Waals surface area contributed by atoms with Crippen molar-refractivity contribution in [3.8, 4) is 0 Å². The van der Waals surface area contributed by atoms with Gasteiger partial charge in [0, 0.05) is 37.7 Å². The minimum absolute atomic E-state index is 0.191. The van der Waals surface area contributed by atoms with E-state index in [1.165, 1.54) is 29.1 Å². The molecule has 0 aromatic carbocycles. The normalized spacial score (nSPS) is 21.5. The predicted octanol–water partition coefficient (Wildman–Crippen LogP) is 3.89. The van der Waals surface area contributed by atoms with Gasteiger partial charge in [-0.1, -0.05) is 40.1 Å². The average molecular weight is 445 g/mol. The molecule has 1 saturated heterocycles. The third kappa shape index (κ3) is 4.54. The zero-order valence-electron chi connectivity index (χ0n) is 15.0. The lowest BCUT2D eigenvalue weighted by Crippen LogP contribution is -2.54. The van der Waals surface area contributed by atoms with Crippen LogP contribution in [0.4, 0.5) is 9.93 Å². The maximum Gasteiger partial charge on any atom is 0.329 e. The molecule has 26 heavy (non-hydrogen) atoms. The number of alkyl halides is 1. The first-order valence-electron chi connectivity index (χ1n) is 9.23. The first-order valence-corrected chi connectivity index (χ1v) is 11.2. The Bertz CT molecular complexity index is 635. The van der Waals surface area contributed by atoms with E-state index in [1.807, 2.05) is 0 Å². The Kier molecular flexibility index (Phi) is 6.86. The number of nitrogens with zero attached hydrogens (tertiary/aromatic N) is 4. The van der Waals surface area contributed by atoms with Gasteiger partial charge in [-0.25, -0.2) is 9.69 Å². The van der Waals surface area contributed by atoms with Crippen LogP contribution >= 0.6 is 27.3 Å². The van der Waals surface area contributed by atoms with Gasteiger partial charge >= 0.3 is 12.0 Å². The van der Waals surface area contributed by atoms with Crippen LogP contribution in [-0.4, -0.2) is 52.2 Å². The molecule has 2 fully saturated rings.